The van der Waals surface area contributed by atoms with Crippen LogP contribution in [0.4, 0.5) is 0 Å². The first-order valence-corrected chi connectivity index (χ1v) is 10.2. The number of aliphatic hydroxyl groups is 1. The summed E-state index contributed by atoms with van der Waals surface area (Å²) in [5.74, 6) is -5.73. The number of aliphatic carboxylic acids is 2. The van der Waals surface area contributed by atoms with Crippen LogP contribution in [-0.2, 0) is 24.0 Å². The molecule has 0 saturated heterocycles. The number of nitrogens with one attached hydrogen (secondary N) is 3. The number of rotatable bonds is 15. The second-order valence-corrected chi connectivity index (χ2v) is 7.22. The fourth-order valence-electron chi connectivity index (χ4n) is 2.36. The summed E-state index contributed by atoms with van der Waals surface area (Å²) < 4.78 is 0. The Morgan fingerprint density at radius 3 is 1.87 bits per heavy atom. The predicted molar refractivity (Wildman–Crippen MR) is 112 cm³/mol. The largest absolute Gasteiger partial charge is 0.481 e. The monoisotopic (exact) mass is 465 g/mol. The van der Waals surface area contributed by atoms with Crippen LogP contribution < -0.4 is 27.4 Å². The highest BCUT2D eigenvalue weighted by Gasteiger charge is 2.31. The van der Waals surface area contributed by atoms with Gasteiger partial charge in [-0.05, 0) is 32.7 Å². The normalized spacial score (nSPS) is 15.6. The standard InChI is InChI=1S/C17H31N5O8S/c1-8(23)13(19)16(28)21-10(6-12(24)25)14(26)22-11(7-31)15(27)20-9(17(29)30)4-2-3-5-18/h8-11,13,23,31H,2-7,18-19H2,1H3,(H,20,27)(H,21,28)(H,22,26)(H,24,25)(H,29,30). The van der Waals surface area contributed by atoms with Gasteiger partial charge in [0, 0.05) is 5.75 Å². The van der Waals surface area contributed by atoms with Crippen LogP contribution >= 0.6 is 12.6 Å². The lowest BCUT2D eigenvalue weighted by Gasteiger charge is -2.24. The minimum Gasteiger partial charge on any atom is -0.481 e. The molecule has 14 heteroatoms. The highest BCUT2D eigenvalue weighted by molar-refractivity contribution is 7.80. The van der Waals surface area contributed by atoms with Crippen LogP contribution in [0.15, 0.2) is 0 Å². The fourth-order valence-corrected chi connectivity index (χ4v) is 2.62. The third-order valence-electron chi connectivity index (χ3n) is 4.21. The molecule has 13 nitrogen and oxygen atoms in total. The van der Waals surface area contributed by atoms with Crippen LogP contribution in [0, 0.1) is 0 Å². The zero-order chi connectivity index (χ0) is 24.1. The number of nitrogens with two attached hydrogens (primary N) is 2. The number of carboxylic acids is 2. The van der Waals surface area contributed by atoms with Crippen LogP contribution in [0.25, 0.3) is 0 Å². The van der Waals surface area contributed by atoms with E-state index >= 15 is 0 Å². The number of aliphatic hydroxyl groups excluding tert-OH is 1. The van der Waals surface area contributed by atoms with Crippen molar-refractivity contribution in [2.24, 2.45) is 11.5 Å². The summed E-state index contributed by atoms with van der Waals surface area (Å²) in [4.78, 5) is 59.2. The number of carbonyl (C=O) groups excluding carboxylic acids is 3. The quantitative estimate of drug-likeness (QED) is 0.0865. The van der Waals surface area contributed by atoms with E-state index in [4.69, 9.17) is 16.6 Å². The van der Waals surface area contributed by atoms with E-state index in [0.29, 0.717) is 19.4 Å². The van der Waals surface area contributed by atoms with Crippen molar-refractivity contribution in [2.45, 2.75) is 62.9 Å². The number of hydrogen-bond donors (Lipinski definition) is 9. The predicted octanol–water partition coefficient (Wildman–Crippen LogP) is -3.23. The smallest absolute Gasteiger partial charge is 0.326 e. The highest BCUT2D eigenvalue weighted by Crippen LogP contribution is 2.03. The molecule has 0 aromatic heterocycles. The number of carboxylic acid groups (broad SMARTS) is 2. The van der Waals surface area contributed by atoms with Crippen LogP contribution in [0.3, 0.4) is 0 Å². The minimum atomic E-state index is -1.59. The van der Waals surface area contributed by atoms with Gasteiger partial charge in [-0.25, -0.2) is 4.79 Å². The Balaban J connectivity index is 5.20. The van der Waals surface area contributed by atoms with E-state index in [9.17, 15) is 34.2 Å². The summed E-state index contributed by atoms with van der Waals surface area (Å²) >= 11 is 3.96. The average Bonchev–Trinajstić information content (AvgIpc) is 2.69. The number of carbonyl (C=O) groups is 5. The van der Waals surface area contributed by atoms with Gasteiger partial charge in [0.05, 0.1) is 12.5 Å². The molecular weight excluding hydrogens is 434 g/mol. The zero-order valence-corrected chi connectivity index (χ0v) is 18.0. The first kappa shape index (κ1) is 28.6. The van der Waals surface area contributed by atoms with Gasteiger partial charge >= 0.3 is 11.9 Å². The Kier molecular flexibility index (Phi) is 13.4. The summed E-state index contributed by atoms with van der Waals surface area (Å²) in [5, 5.41) is 34.2. The maximum absolute atomic E-state index is 12.5. The van der Waals surface area contributed by atoms with Gasteiger partial charge in [0.15, 0.2) is 0 Å². The molecule has 3 amide bonds. The van der Waals surface area contributed by atoms with E-state index in [-0.39, 0.29) is 12.2 Å². The van der Waals surface area contributed by atoms with E-state index < -0.39 is 66.4 Å². The summed E-state index contributed by atoms with van der Waals surface area (Å²) in [6, 6.07) is -5.51. The van der Waals surface area contributed by atoms with Crippen molar-refractivity contribution in [3.63, 3.8) is 0 Å². The summed E-state index contributed by atoms with van der Waals surface area (Å²) in [6.45, 7) is 1.61. The first-order chi connectivity index (χ1) is 14.4. The lowest BCUT2D eigenvalue weighted by molar-refractivity contribution is -0.143. The maximum atomic E-state index is 12.5. The molecule has 10 N–H and O–H groups in total. The summed E-state index contributed by atoms with van der Waals surface area (Å²) in [7, 11) is 0. The van der Waals surface area contributed by atoms with Crippen LogP contribution in [0.5, 0.6) is 0 Å². The second kappa shape index (κ2) is 14.6. The van der Waals surface area contributed by atoms with Crippen LogP contribution in [-0.4, -0.2) is 87.5 Å². The zero-order valence-electron chi connectivity index (χ0n) is 17.1. The van der Waals surface area contributed by atoms with Crippen molar-refractivity contribution in [3.8, 4) is 0 Å². The highest BCUT2D eigenvalue weighted by atomic mass is 32.1. The van der Waals surface area contributed by atoms with E-state index in [1.165, 1.54) is 6.92 Å². The topological polar surface area (TPSA) is 234 Å². The molecule has 5 unspecified atom stereocenters. The molecular formula is C17H31N5O8S. The molecule has 31 heavy (non-hydrogen) atoms. The SMILES string of the molecule is CC(O)C(N)C(=O)NC(CC(=O)O)C(=O)NC(CS)C(=O)NC(CCCCN)C(=O)O. The molecule has 0 aromatic carbocycles. The van der Waals surface area contributed by atoms with Gasteiger partial charge in [0.1, 0.15) is 24.2 Å². The molecule has 178 valence electrons. The summed E-state index contributed by atoms with van der Waals surface area (Å²) in [5.41, 5.74) is 10.8. The fraction of sp³-hybridized carbons (Fsp3) is 0.706. The summed E-state index contributed by atoms with van der Waals surface area (Å²) in [6.07, 6.45) is -0.918. The number of unbranched alkanes of at least 4 members (excludes halogenated alkanes) is 1. The molecule has 0 aromatic rings. The van der Waals surface area contributed by atoms with Crippen molar-refractivity contribution in [2.75, 3.05) is 12.3 Å². The van der Waals surface area contributed by atoms with E-state index in [2.05, 4.69) is 28.6 Å². The van der Waals surface area contributed by atoms with E-state index in [1.54, 1.807) is 0 Å². The third-order valence-corrected chi connectivity index (χ3v) is 4.58. The molecule has 0 bridgehead atoms. The van der Waals surface area contributed by atoms with Crippen molar-refractivity contribution >= 4 is 42.3 Å². The molecule has 0 spiro atoms. The van der Waals surface area contributed by atoms with Crippen LogP contribution in [0.1, 0.15) is 32.6 Å². The lowest BCUT2D eigenvalue weighted by Crippen LogP contribution is -2.58. The van der Waals surface area contributed by atoms with E-state index in [1.807, 2.05) is 0 Å². The van der Waals surface area contributed by atoms with Gasteiger partial charge in [-0.15, -0.1) is 0 Å². The molecule has 0 fully saturated rings. The Hall–Kier alpha value is -2.42. The Morgan fingerprint density at radius 2 is 1.42 bits per heavy atom. The molecule has 0 radical (unpaired) electrons. The van der Waals surface area contributed by atoms with Crippen LogP contribution in [0.2, 0.25) is 0 Å². The van der Waals surface area contributed by atoms with Gasteiger partial charge < -0.3 is 42.7 Å². The molecule has 0 saturated carbocycles. The van der Waals surface area contributed by atoms with Gasteiger partial charge in [0.2, 0.25) is 17.7 Å². The Labute approximate surface area is 184 Å². The second-order valence-electron chi connectivity index (χ2n) is 6.85. The third kappa shape index (κ3) is 11.0. The molecule has 0 aliphatic rings. The Bertz CT molecular complexity index is 648. The number of thiol groups is 1. The van der Waals surface area contributed by atoms with Crippen molar-refractivity contribution in [1.82, 2.24) is 16.0 Å². The molecule has 5 atom stereocenters. The first-order valence-electron chi connectivity index (χ1n) is 9.54. The molecule has 0 aliphatic carbocycles. The Morgan fingerprint density at radius 1 is 0.903 bits per heavy atom. The average molecular weight is 466 g/mol. The molecule has 0 heterocycles. The van der Waals surface area contributed by atoms with Gasteiger partial charge in [-0.2, -0.15) is 12.6 Å². The van der Waals surface area contributed by atoms with Gasteiger partial charge in [0.25, 0.3) is 0 Å². The minimum absolute atomic E-state index is 0.125. The maximum Gasteiger partial charge on any atom is 0.326 e. The van der Waals surface area contributed by atoms with Gasteiger partial charge in [-0.3, -0.25) is 19.2 Å². The van der Waals surface area contributed by atoms with Crippen molar-refractivity contribution in [3.05, 3.63) is 0 Å². The van der Waals surface area contributed by atoms with Gasteiger partial charge in [-0.1, -0.05) is 0 Å². The van der Waals surface area contributed by atoms with E-state index in [0.717, 1.165) is 0 Å². The van der Waals surface area contributed by atoms with Crippen molar-refractivity contribution in [1.29, 1.82) is 0 Å². The lowest BCUT2D eigenvalue weighted by atomic mass is 10.1. The molecule has 0 aliphatic heterocycles. The molecule has 0 rings (SSSR count). The number of hydrogen-bond acceptors (Lipinski definition) is 9. The van der Waals surface area contributed by atoms with Crippen molar-refractivity contribution < 1.29 is 39.3 Å². The number of amides is 3.